The van der Waals surface area contributed by atoms with Crippen LogP contribution in [-0.4, -0.2) is 25.5 Å². The summed E-state index contributed by atoms with van der Waals surface area (Å²) in [6.45, 7) is 5.11. The van der Waals surface area contributed by atoms with Gasteiger partial charge < -0.3 is 5.32 Å². The van der Waals surface area contributed by atoms with Crippen molar-refractivity contribution in [2.75, 3.05) is 5.32 Å². The second-order valence-corrected chi connectivity index (χ2v) is 6.36. The van der Waals surface area contributed by atoms with E-state index in [9.17, 15) is 4.79 Å². The van der Waals surface area contributed by atoms with E-state index in [0.717, 1.165) is 5.69 Å². The van der Waals surface area contributed by atoms with Gasteiger partial charge in [0, 0.05) is 12.6 Å². The Labute approximate surface area is 151 Å². The first-order chi connectivity index (χ1) is 12.0. The van der Waals surface area contributed by atoms with Crippen molar-refractivity contribution in [3.63, 3.8) is 0 Å². The SMILES string of the molecule is Cc1ccccc1Cn1cc(NC(=O)CCn2ncc(Cl)c2C)cn1. The van der Waals surface area contributed by atoms with Gasteiger partial charge in [-0.2, -0.15) is 10.2 Å². The van der Waals surface area contributed by atoms with E-state index in [0.29, 0.717) is 30.2 Å². The van der Waals surface area contributed by atoms with Gasteiger partial charge in [-0.25, -0.2) is 0 Å². The van der Waals surface area contributed by atoms with Crippen molar-refractivity contribution < 1.29 is 4.79 Å². The number of rotatable bonds is 6. The molecule has 2 heterocycles. The maximum Gasteiger partial charge on any atom is 0.226 e. The Hall–Kier alpha value is -2.60. The Bertz CT molecular complexity index is 883. The summed E-state index contributed by atoms with van der Waals surface area (Å²) in [6.07, 6.45) is 5.40. The molecule has 2 aromatic heterocycles. The molecule has 0 bridgehead atoms. The lowest BCUT2D eigenvalue weighted by Crippen LogP contribution is -2.15. The van der Waals surface area contributed by atoms with Gasteiger partial charge >= 0.3 is 0 Å². The fraction of sp³-hybridized carbons (Fsp3) is 0.278. The molecule has 0 saturated heterocycles. The molecule has 130 valence electrons. The van der Waals surface area contributed by atoms with Crippen molar-refractivity contribution in [3.05, 3.63) is 64.7 Å². The van der Waals surface area contributed by atoms with E-state index in [-0.39, 0.29) is 5.91 Å². The monoisotopic (exact) mass is 357 g/mol. The van der Waals surface area contributed by atoms with Gasteiger partial charge in [0.25, 0.3) is 0 Å². The Kier molecular flexibility index (Phi) is 5.19. The summed E-state index contributed by atoms with van der Waals surface area (Å²) in [7, 11) is 0. The summed E-state index contributed by atoms with van der Waals surface area (Å²) in [5, 5.41) is 11.9. The van der Waals surface area contributed by atoms with E-state index in [1.165, 1.54) is 11.1 Å². The number of amides is 1. The number of anilines is 1. The number of nitrogens with zero attached hydrogens (tertiary/aromatic N) is 4. The summed E-state index contributed by atoms with van der Waals surface area (Å²) in [5.74, 6) is -0.0820. The van der Waals surface area contributed by atoms with Crippen LogP contribution < -0.4 is 5.32 Å². The van der Waals surface area contributed by atoms with Crippen molar-refractivity contribution in [3.8, 4) is 0 Å². The number of carbonyl (C=O) groups excluding carboxylic acids is 1. The van der Waals surface area contributed by atoms with Crippen LogP contribution in [0.3, 0.4) is 0 Å². The molecule has 25 heavy (non-hydrogen) atoms. The lowest BCUT2D eigenvalue weighted by Gasteiger charge is -2.06. The fourth-order valence-electron chi connectivity index (χ4n) is 2.56. The third-order valence-electron chi connectivity index (χ3n) is 4.10. The molecule has 3 rings (SSSR count). The van der Waals surface area contributed by atoms with Crippen LogP contribution in [0.5, 0.6) is 0 Å². The molecular weight excluding hydrogens is 338 g/mol. The molecule has 0 unspecified atom stereocenters. The highest BCUT2D eigenvalue weighted by Gasteiger charge is 2.09. The Morgan fingerprint density at radius 1 is 1.20 bits per heavy atom. The normalized spacial score (nSPS) is 10.8. The zero-order valence-corrected chi connectivity index (χ0v) is 15.0. The number of aromatic nitrogens is 4. The van der Waals surface area contributed by atoms with Crippen LogP contribution in [0.25, 0.3) is 0 Å². The lowest BCUT2D eigenvalue weighted by molar-refractivity contribution is -0.116. The number of hydrogen-bond acceptors (Lipinski definition) is 3. The Morgan fingerprint density at radius 2 is 2.00 bits per heavy atom. The zero-order valence-electron chi connectivity index (χ0n) is 14.2. The standard InChI is InChI=1S/C18H20ClN5O/c1-13-5-3-4-6-15(13)11-23-12-16(9-20-23)22-18(25)7-8-24-14(2)17(19)10-21-24/h3-6,9-10,12H,7-8,11H2,1-2H3,(H,22,25). The van der Waals surface area contributed by atoms with Gasteiger partial charge in [-0.15, -0.1) is 0 Å². The first kappa shape index (κ1) is 17.2. The number of halogens is 1. The summed E-state index contributed by atoms with van der Waals surface area (Å²) in [5.41, 5.74) is 3.97. The van der Waals surface area contributed by atoms with Crippen molar-refractivity contribution in [2.45, 2.75) is 33.4 Å². The molecule has 1 aromatic carbocycles. The predicted molar refractivity (Wildman–Crippen MR) is 97.7 cm³/mol. The minimum Gasteiger partial charge on any atom is -0.323 e. The van der Waals surface area contributed by atoms with Crippen LogP contribution in [-0.2, 0) is 17.9 Å². The average Bonchev–Trinajstić information content (AvgIpc) is 3.15. The Balaban J connectivity index is 1.55. The molecule has 0 fully saturated rings. The molecule has 3 aromatic rings. The molecule has 0 radical (unpaired) electrons. The quantitative estimate of drug-likeness (QED) is 0.735. The topological polar surface area (TPSA) is 64.7 Å². The van der Waals surface area contributed by atoms with Crippen LogP contribution in [0.15, 0.2) is 42.9 Å². The third kappa shape index (κ3) is 4.28. The van der Waals surface area contributed by atoms with E-state index in [1.807, 2.05) is 29.9 Å². The summed E-state index contributed by atoms with van der Waals surface area (Å²) in [4.78, 5) is 12.1. The number of aryl methyl sites for hydroxylation is 2. The first-order valence-electron chi connectivity index (χ1n) is 8.07. The van der Waals surface area contributed by atoms with Gasteiger partial charge in [0.1, 0.15) is 0 Å². The number of nitrogens with one attached hydrogen (secondary N) is 1. The van der Waals surface area contributed by atoms with Gasteiger partial charge in [0.2, 0.25) is 5.91 Å². The largest absolute Gasteiger partial charge is 0.323 e. The van der Waals surface area contributed by atoms with Crippen LogP contribution in [0.1, 0.15) is 23.2 Å². The first-order valence-corrected chi connectivity index (χ1v) is 8.45. The van der Waals surface area contributed by atoms with Crippen molar-refractivity contribution in [2.24, 2.45) is 0 Å². The highest BCUT2D eigenvalue weighted by atomic mass is 35.5. The minimum atomic E-state index is -0.0820. The highest BCUT2D eigenvalue weighted by Crippen LogP contribution is 2.14. The zero-order chi connectivity index (χ0) is 17.8. The number of hydrogen-bond donors (Lipinski definition) is 1. The summed E-state index contributed by atoms with van der Waals surface area (Å²) >= 11 is 5.96. The molecule has 1 amide bonds. The smallest absolute Gasteiger partial charge is 0.226 e. The second kappa shape index (κ2) is 7.53. The molecule has 6 nitrogen and oxygen atoms in total. The number of carbonyl (C=O) groups is 1. The molecule has 0 aliphatic heterocycles. The van der Waals surface area contributed by atoms with Crippen LogP contribution in [0.4, 0.5) is 5.69 Å². The molecule has 0 spiro atoms. The number of benzene rings is 1. The van der Waals surface area contributed by atoms with Crippen molar-refractivity contribution >= 4 is 23.2 Å². The van der Waals surface area contributed by atoms with Crippen molar-refractivity contribution in [1.82, 2.24) is 19.6 Å². The molecule has 0 aliphatic rings. The van der Waals surface area contributed by atoms with Gasteiger partial charge in [-0.05, 0) is 25.0 Å². The van der Waals surface area contributed by atoms with Crippen LogP contribution in [0.2, 0.25) is 5.02 Å². The molecular formula is C18H20ClN5O. The fourth-order valence-corrected chi connectivity index (χ4v) is 2.70. The van der Waals surface area contributed by atoms with Crippen molar-refractivity contribution in [1.29, 1.82) is 0 Å². The maximum absolute atomic E-state index is 12.1. The minimum absolute atomic E-state index is 0.0820. The van der Waals surface area contributed by atoms with Crippen LogP contribution in [0, 0.1) is 13.8 Å². The van der Waals surface area contributed by atoms with E-state index < -0.39 is 0 Å². The average molecular weight is 358 g/mol. The van der Waals surface area contributed by atoms with E-state index in [2.05, 4.69) is 34.6 Å². The maximum atomic E-state index is 12.1. The molecule has 0 saturated carbocycles. The van der Waals surface area contributed by atoms with Crippen LogP contribution >= 0.6 is 11.6 Å². The molecule has 0 aliphatic carbocycles. The lowest BCUT2D eigenvalue weighted by atomic mass is 10.1. The van der Waals surface area contributed by atoms with E-state index in [4.69, 9.17) is 11.6 Å². The van der Waals surface area contributed by atoms with Gasteiger partial charge in [-0.3, -0.25) is 14.2 Å². The Morgan fingerprint density at radius 3 is 2.72 bits per heavy atom. The molecule has 0 atom stereocenters. The molecule has 1 N–H and O–H groups in total. The summed E-state index contributed by atoms with van der Waals surface area (Å²) in [6, 6.07) is 8.18. The van der Waals surface area contributed by atoms with Gasteiger partial charge in [0.05, 0.1) is 41.9 Å². The summed E-state index contributed by atoms with van der Waals surface area (Å²) < 4.78 is 3.54. The van der Waals surface area contributed by atoms with E-state index in [1.54, 1.807) is 17.1 Å². The van der Waals surface area contributed by atoms with Gasteiger partial charge in [-0.1, -0.05) is 35.9 Å². The second-order valence-electron chi connectivity index (χ2n) is 5.95. The molecule has 7 heteroatoms. The van der Waals surface area contributed by atoms with E-state index >= 15 is 0 Å². The third-order valence-corrected chi connectivity index (χ3v) is 4.48. The predicted octanol–water partition coefficient (Wildman–Crippen LogP) is 3.43. The van der Waals surface area contributed by atoms with Gasteiger partial charge in [0.15, 0.2) is 0 Å². The highest BCUT2D eigenvalue weighted by molar-refractivity contribution is 6.31.